The highest BCUT2D eigenvalue weighted by Gasteiger charge is 2.08. The summed E-state index contributed by atoms with van der Waals surface area (Å²) in [6.45, 7) is 0.293. The smallest absolute Gasteiger partial charge is 0.224 e. The molecule has 6 heteroatoms. The number of aliphatic hydroxyl groups is 1. The third kappa shape index (κ3) is 3.09. The summed E-state index contributed by atoms with van der Waals surface area (Å²) in [4.78, 5) is 7.70. The van der Waals surface area contributed by atoms with E-state index in [4.69, 9.17) is 17.3 Å². The number of nitrogens with one attached hydrogen (secondary N) is 1. The van der Waals surface area contributed by atoms with Gasteiger partial charge in [0.15, 0.2) is 5.82 Å². The Balaban J connectivity index is 2.01. The first-order valence-corrected chi connectivity index (χ1v) is 5.79. The Bertz CT molecular complexity index is 521. The molecule has 18 heavy (non-hydrogen) atoms. The minimum absolute atomic E-state index is 0.112. The number of benzene rings is 1. The van der Waals surface area contributed by atoms with Crippen LogP contribution in [-0.2, 0) is 0 Å². The summed E-state index contributed by atoms with van der Waals surface area (Å²) in [6.07, 6.45) is 0.784. The molecule has 0 aliphatic heterocycles. The molecule has 2 aromatic rings. The fourth-order valence-corrected chi connectivity index (χ4v) is 1.63. The van der Waals surface area contributed by atoms with Gasteiger partial charge in [0, 0.05) is 6.54 Å². The monoisotopic (exact) mass is 264 g/mol. The van der Waals surface area contributed by atoms with Gasteiger partial charge in [-0.1, -0.05) is 30.3 Å². The van der Waals surface area contributed by atoms with Crippen molar-refractivity contribution < 1.29 is 5.11 Å². The van der Waals surface area contributed by atoms with Crippen molar-refractivity contribution in [1.29, 1.82) is 0 Å². The third-order valence-electron chi connectivity index (χ3n) is 2.43. The number of nitrogen functional groups attached to an aromatic ring is 1. The number of hydrogen-bond acceptors (Lipinski definition) is 5. The van der Waals surface area contributed by atoms with Gasteiger partial charge in [0.1, 0.15) is 0 Å². The number of halogens is 1. The lowest BCUT2D eigenvalue weighted by Gasteiger charge is -2.13. The molecule has 0 saturated carbocycles. The Kier molecular flexibility index (Phi) is 3.96. The van der Waals surface area contributed by atoms with Crippen LogP contribution in [-0.4, -0.2) is 21.6 Å². The summed E-state index contributed by atoms with van der Waals surface area (Å²) in [6, 6.07) is 9.33. The molecule has 0 fully saturated rings. The van der Waals surface area contributed by atoms with Crippen LogP contribution >= 0.6 is 11.6 Å². The number of aliphatic hydroxyl groups excluding tert-OH is 1. The van der Waals surface area contributed by atoms with E-state index in [9.17, 15) is 5.11 Å². The van der Waals surface area contributed by atoms with E-state index in [1.807, 2.05) is 30.3 Å². The van der Waals surface area contributed by atoms with Gasteiger partial charge >= 0.3 is 0 Å². The second kappa shape index (κ2) is 5.66. The standard InChI is InChI=1S/C12H13ClN4O/c13-12-16-6-9(14)11(17-12)15-7-10(18)8-4-2-1-3-5-8/h1-6,10,18H,7,14H2,(H,15,16,17). The van der Waals surface area contributed by atoms with Gasteiger partial charge in [0.05, 0.1) is 18.0 Å². The molecule has 0 aliphatic carbocycles. The maximum Gasteiger partial charge on any atom is 0.224 e. The molecular weight excluding hydrogens is 252 g/mol. The molecule has 94 valence electrons. The van der Waals surface area contributed by atoms with Crippen LogP contribution in [0.3, 0.4) is 0 Å². The summed E-state index contributed by atoms with van der Waals surface area (Å²) in [7, 11) is 0. The number of hydrogen-bond donors (Lipinski definition) is 3. The maximum absolute atomic E-state index is 9.96. The number of rotatable bonds is 4. The Labute approximate surface area is 110 Å². The van der Waals surface area contributed by atoms with Crippen LogP contribution in [0.25, 0.3) is 0 Å². The Hall–Kier alpha value is -1.85. The van der Waals surface area contributed by atoms with E-state index in [-0.39, 0.29) is 5.28 Å². The SMILES string of the molecule is Nc1cnc(Cl)nc1NCC(O)c1ccccc1. The number of nitrogens with zero attached hydrogens (tertiary/aromatic N) is 2. The van der Waals surface area contributed by atoms with E-state index < -0.39 is 6.10 Å². The van der Waals surface area contributed by atoms with Gasteiger partial charge in [-0.05, 0) is 17.2 Å². The zero-order chi connectivity index (χ0) is 13.0. The lowest BCUT2D eigenvalue weighted by atomic mass is 10.1. The zero-order valence-corrected chi connectivity index (χ0v) is 10.3. The van der Waals surface area contributed by atoms with Crippen molar-refractivity contribution in [2.75, 3.05) is 17.6 Å². The Morgan fingerprint density at radius 3 is 2.78 bits per heavy atom. The molecule has 1 aromatic heterocycles. The van der Waals surface area contributed by atoms with Gasteiger partial charge < -0.3 is 16.2 Å². The predicted octanol–water partition coefficient (Wildman–Crippen LogP) is 1.86. The Morgan fingerprint density at radius 2 is 2.06 bits per heavy atom. The highest BCUT2D eigenvalue weighted by Crippen LogP contribution is 2.18. The van der Waals surface area contributed by atoms with Gasteiger partial charge in [0.2, 0.25) is 5.28 Å². The fourth-order valence-electron chi connectivity index (χ4n) is 1.50. The quantitative estimate of drug-likeness (QED) is 0.734. The third-order valence-corrected chi connectivity index (χ3v) is 2.62. The lowest BCUT2D eigenvalue weighted by molar-refractivity contribution is 0.191. The number of aromatic nitrogens is 2. The van der Waals surface area contributed by atoms with Crippen molar-refractivity contribution in [2.45, 2.75) is 6.10 Å². The second-order valence-corrected chi connectivity index (χ2v) is 4.09. The predicted molar refractivity (Wildman–Crippen MR) is 71.3 cm³/mol. The van der Waals surface area contributed by atoms with Crippen molar-refractivity contribution in [3.63, 3.8) is 0 Å². The van der Waals surface area contributed by atoms with E-state index in [1.165, 1.54) is 6.20 Å². The van der Waals surface area contributed by atoms with Crippen LogP contribution in [0.5, 0.6) is 0 Å². The van der Waals surface area contributed by atoms with Gasteiger partial charge in [-0.25, -0.2) is 4.98 Å². The largest absolute Gasteiger partial charge is 0.394 e. The lowest BCUT2D eigenvalue weighted by Crippen LogP contribution is -2.14. The topological polar surface area (TPSA) is 84.1 Å². The second-order valence-electron chi connectivity index (χ2n) is 3.75. The van der Waals surface area contributed by atoms with Gasteiger partial charge in [-0.3, -0.25) is 0 Å². The van der Waals surface area contributed by atoms with Crippen LogP contribution < -0.4 is 11.1 Å². The van der Waals surface area contributed by atoms with Gasteiger partial charge in [0.25, 0.3) is 0 Å². The molecule has 0 radical (unpaired) electrons. The summed E-state index contributed by atoms with van der Waals surface area (Å²) < 4.78 is 0. The average molecular weight is 265 g/mol. The van der Waals surface area contributed by atoms with E-state index >= 15 is 0 Å². The van der Waals surface area contributed by atoms with Gasteiger partial charge in [-0.15, -0.1) is 0 Å². The first-order chi connectivity index (χ1) is 8.66. The molecule has 0 amide bonds. The molecule has 0 spiro atoms. The molecule has 0 saturated heterocycles. The normalized spacial score (nSPS) is 12.1. The van der Waals surface area contributed by atoms with Crippen molar-refractivity contribution in [3.8, 4) is 0 Å². The molecule has 1 unspecified atom stereocenters. The maximum atomic E-state index is 9.96. The van der Waals surface area contributed by atoms with Crippen molar-refractivity contribution in [2.24, 2.45) is 0 Å². The first kappa shape index (κ1) is 12.6. The van der Waals surface area contributed by atoms with Crippen LogP contribution in [0.1, 0.15) is 11.7 Å². The summed E-state index contributed by atoms with van der Waals surface area (Å²) in [5.41, 5.74) is 6.90. The van der Waals surface area contributed by atoms with E-state index in [1.54, 1.807) is 0 Å². The van der Waals surface area contributed by atoms with Crippen LogP contribution in [0.4, 0.5) is 11.5 Å². The van der Waals surface area contributed by atoms with Crippen LogP contribution in [0, 0.1) is 0 Å². The minimum atomic E-state index is -0.639. The van der Waals surface area contributed by atoms with Gasteiger partial charge in [-0.2, -0.15) is 4.98 Å². The van der Waals surface area contributed by atoms with Crippen LogP contribution in [0.15, 0.2) is 36.5 Å². The zero-order valence-electron chi connectivity index (χ0n) is 9.55. The average Bonchev–Trinajstić information content (AvgIpc) is 2.40. The summed E-state index contributed by atoms with van der Waals surface area (Å²) in [5.74, 6) is 0.421. The molecule has 1 heterocycles. The summed E-state index contributed by atoms with van der Waals surface area (Å²) >= 11 is 5.67. The number of nitrogens with two attached hydrogens (primary N) is 1. The number of anilines is 2. The molecule has 4 N–H and O–H groups in total. The van der Waals surface area contributed by atoms with E-state index in [2.05, 4.69) is 15.3 Å². The first-order valence-electron chi connectivity index (χ1n) is 5.41. The molecule has 0 bridgehead atoms. The highest BCUT2D eigenvalue weighted by atomic mass is 35.5. The minimum Gasteiger partial charge on any atom is -0.394 e. The molecule has 1 atom stereocenters. The molecule has 1 aromatic carbocycles. The van der Waals surface area contributed by atoms with E-state index in [0.29, 0.717) is 18.1 Å². The molecule has 0 aliphatic rings. The molecule has 2 rings (SSSR count). The van der Waals surface area contributed by atoms with Crippen molar-refractivity contribution in [3.05, 3.63) is 47.4 Å². The van der Waals surface area contributed by atoms with E-state index in [0.717, 1.165) is 5.56 Å². The van der Waals surface area contributed by atoms with Crippen molar-refractivity contribution in [1.82, 2.24) is 9.97 Å². The molecule has 5 nitrogen and oxygen atoms in total. The molecular formula is C12H13ClN4O. The Morgan fingerprint density at radius 1 is 1.33 bits per heavy atom. The summed E-state index contributed by atoms with van der Waals surface area (Å²) in [5, 5.41) is 13.0. The van der Waals surface area contributed by atoms with Crippen molar-refractivity contribution >= 4 is 23.1 Å². The highest BCUT2D eigenvalue weighted by molar-refractivity contribution is 6.28. The van der Waals surface area contributed by atoms with Crippen LogP contribution in [0.2, 0.25) is 5.28 Å². The fraction of sp³-hybridized carbons (Fsp3) is 0.167.